The van der Waals surface area contributed by atoms with E-state index in [9.17, 15) is 4.79 Å². The molecule has 0 amide bonds. The van der Waals surface area contributed by atoms with Crippen LogP contribution in [-0.4, -0.2) is 30.1 Å². The van der Waals surface area contributed by atoms with Gasteiger partial charge in [0.15, 0.2) is 0 Å². The molecule has 1 aliphatic carbocycles. The molecule has 0 aromatic rings. The van der Waals surface area contributed by atoms with E-state index in [2.05, 4.69) is 20.8 Å². The van der Waals surface area contributed by atoms with Gasteiger partial charge in [-0.15, -0.1) is 0 Å². The van der Waals surface area contributed by atoms with Crippen LogP contribution in [0.25, 0.3) is 0 Å². The average molecular weight is 310 g/mol. The SMILES string of the molecule is CC(C)[C@@H]1CC[C@@H](C)C[C@@]12OC(=O)C[C@@](C)(C1CCCO1)O2. The van der Waals surface area contributed by atoms with Crippen LogP contribution < -0.4 is 0 Å². The van der Waals surface area contributed by atoms with Crippen molar-refractivity contribution in [1.82, 2.24) is 0 Å². The summed E-state index contributed by atoms with van der Waals surface area (Å²) in [7, 11) is 0. The van der Waals surface area contributed by atoms with Gasteiger partial charge in [0.05, 0.1) is 12.5 Å². The Morgan fingerprint density at radius 3 is 2.64 bits per heavy atom. The third-order valence-corrected chi connectivity index (χ3v) is 5.77. The molecule has 2 saturated heterocycles. The highest BCUT2D eigenvalue weighted by molar-refractivity contribution is 5.72. The fraction of sp³-hybridized carbons (Fsp3) is 0.944. The maximum atomic E-state index is 12.4. The molecule has 0 radical (unpaired) electrons. The molecule has 4 nitrogen and oxygen atoms in total. The maximum Gasteiger partial charge on any atom is 0.311 e. The molecule has 22 heavy (non-hydrogen) atoms. The largest absolute Gasteiger partial charge is 0.433 e. The molecule has 3 rings (SSSR count). The number of hydrogen-bond donors (Lipinski definition) is 0. The van der Waals surface area contributed by atoms with Gasteiger partial charge < -0.3 is 14.2 Å². The Bertz CT molecular complexity index is 429. The number of esters is 1. The van der Waals surface area contributed by atoms with E-state index < -0.39 is 11.4 Å². The topological polar surface area (TPSA) is 44.8 Å². The van der Waals surface area contributed by atoms with Crippen molar-refractivity contribution in [2.45, 2.75) is 83.7 Å². The number of ether oxygens (including phenoxy) is 3. The molecule has 1 unspecified atom stereocenters. The summed E-state index contributed by atoms with van der Waals surface area (Å²) in [6, 6.07) is 0. The first-order valence-electron chi connectivity index (χ1n) is 8.88. The molecule has 3 fully saturated rings. The first kappa shape index (κ1) is 16.3. The third kappa shape index (κ3) is 2.80. The second kappa shape index (κ2) is 5.79. The Labute approximate surface area is 133 Å². The lowest BCUT2D eigenvalue weighted by atomic mass is 9.71. The summed E-state index contributed by atoms with van der Waals surface area (Å²) >= 11 is 0. The smallest absolute Gasteiger partial charge is 0.311 e. The summed E-state index contributed by atoms with van der Waals surface area (Å²) in [6.07, 6.45) is 5.40. The molecule has 4 heteroatoms. The first-order valence-corrected chi connectivity index (χ1v) is 8.88. The highest BCUT2D eigenvalue weighted by atomic mass is 16.7. The van der Waals surface area contributed by atoms with Crippen LogP contribution in [0, 0.1) is 17.8 Å². The summed E-state index contributed by atoms with van der Waals surface area (Å²) < 4.78 is 18.4. The number of carbonyl (C=O) groups is 1. The summed E-state index contributed by atoms with van der Waals surface area (Å²) in [5.74, 6) is 0.362. The van der Waals surface area contributed by atoms with E-state index in [4.69, 9.17) is 14.2 Å². The molecule has 2 aliphatic heterocycles. The van der Waals surface area contributed by atoms with Gasteiger partial charge in [0.25, 0.3) is 0 Å². The van der Waals surface area contributed by atoms with Gasteiger partial charge in [0.1, 0.15) is 5.60 Å². The summed E-state index contributed by atoms with van der Waals surface area (Å²) in [4.78, 5) is 12.4. The van der Waals surface area contributed by atoms with Gasteiger partial charge in [0.2, 0.25) is 5.79 Å². The van der Waals surface area contributed by atoms with E-state index in [0.717, 1.165) is 32.3 Å². The quantitative estimate of drug-likeness (QED) is 0.730. The van der Waals surface area contributed by atoms with Crippen LogP contribution in [0.2, 0.25) is 0 Å². The lowest BCUT2D eigenvalue weighted by molar-refractivity contribution is -0.352. The second-order valence-electron chi connectivity index (χ2n) is 8.12. The maximum absolute atomic E-state index is 12.4. The standard InChI is InChI=1S/C18H30O4/c1-12(2)14-8-7-13(3)10-18(14)21-16(19)11-17(4,22-18)15-6-5-9-20-15/h12-15H,5-11H2,1-4H3/t13-,14+,15?,17+,18+/m1/s1. The van der Waals surface area contributed by atoms with Crippen molar-refractivity contribution in [2.75, 3.05) is 6.61 Å². The molecule has 1 saturated carbocycles. The molecule has 0 aromatic carbocycles. The predicted molar refractivity (Wildman–Crippen MR) is 83.2 cm³/mol. The third-order valence-electron chi connectivity index (χ3n) is 5.77. The fourth-order valence-corrected chi connectivity index (χ4v) is 4.70. The normalized spacial score (nSPS) is 46.2. The van der Waals surface area contributed by atoms with E-state index in [1.807, 2.05) is 6.92 Å². The minimum Gasteiger partial charge on any atom is -0.433 e. The number of rotatable bonds is 2. The Morgan fingerprint density at radius 2 is 2.00 bits per heavy atom. The molecule has 3 aliphatic rings. The molecule has 2 heterocycles. The van der Waals surface area contributed by atoms with E-state index >= 15 is 0 Å². The van der Waals surface area contributed by atoms with Crippen molar-refractivity contribution in [3.05, 3.63) is 0 Å². The molecule has 0 bridgehead atoms. The first-order chi connectivity index (χ1) is 10.3. The van der Waals surface area contributed by atoms with Gasteiger partial charge in [-0.25, -0.2) is 0 Å². The Morgan fingerprint density at radius 1 is 1.23 bits per heavy atom. The zero-order valence-electron chi connectivity index (χ0n) is 14.4. The van der Waals surface area contributed by atoms with Gasteiger partial charge >= 0.3 is 5.97 Å². The Hall–Kier alpha value is -0.610. The zero-order valence-corrected chi connectivity index (χ0v) is 14.4. The predicted octanol–water partition coefficient (Wildman–Crippen LogP) is 3.68. The minimum absolute atomic E-state index is 0.0160. The van der Waals surface area contributed by atoms with Gasteiger partial charge in [-0.2, -0.15) is 0 Å². The van der Waals surface area contributed by atoms with Gasteiger partial charge in [-0.05, 0) is 44.4 Å². The van der Waals surface area contributed by atoms with Gasteiger partial charge in [-0.3, -0.25) is 4.79 Å². The van der Waals surface area contributed by atoms with Crippen LogP contribution >= 0.6 is 0 Å². The molecular weight excluding hydrogens is 280 g/mol. The zero-order chi connectivity index (χ0) is 16.0. The van der Waals surface area contributed by atoms with Crippen molar-refractivity contribution in [3.8, 4) is 0 Å². The highest BCUT2D eigenvalue weighted by Crippen LogP contribution is 2.50. The number of hydrogen-bond acceptors (Lipinski definition) is 4. The molecule has 0 N–H and O–H groups in total. The van der Waals surface area contributed by atoms with Crippen LogP contribution in [0.4, 0.5) is 0 Å². The summed E-state index contributed by atoms with van der Waals surface area (Å²) in [5, 5.41) is 0. The summed E-state index contributed by atoms with van der Waals surface area (Å²) in [5.41, 5.74) is -0.546. The van der Waals surface area contributed by atoms with Crippen LogP contribution in [0.5, 0.6) is 0 Å². The minimum atomic E-state index is -0.748. The van der Waals surface area contributed by atoms with E-state index in [1.165, 1.54) is 6.42 Å². The van der Waals surface area contributed by atoms with Crippen molar-refractivity contribution in [1.29, 1.82) is 0 Å². The molecular formula is C18H30O4. The van der Waals surface area contributed by atoms with Crippen LogP contribution in [0.1, 0.15) is 66.2 Å². The fourth-order valence-electron chi connectivity index (χ4n) is 4.70. The molecule has 126 valence electrons. The van der Waals surface area contributed by atoms with E-state index in [1.54, 1.807) is 0 Å². The Balaban J connectivity index is 1.91. The van der Waals surface area contributed by atoms with Gasteiger partial charge in [-0.1, -0.05) is 20.8 Å². The van der Waals surface area contributed by atoms with Crippen LogP contribution in [0.3, 0.4) is 0 Å². The highest BCUT2D eigenvalue weighted by Gasteiger charge is 2.58. The van der Waals surface area contributed by atoms with Crippen molar-refractivity contribution in [2.24, 2.45) is 17.8 Å². The number of carbonyl (C=O) groups excluding carboxylic acids is 1. The summed E-state index contributed by atoms with van der Waals surface area (Å²) in [6.45, 7) is 9.46. The van der Waals surface area contributed by atoms with Crippen molar-refractivity contribution >= 4 is 5.97 Å². The van der Waals surface area contributed by atoms with Crippen LogP contribution in [0.15, 0.2) is 0 Å². The second-order valence-corrected chi connectivity index (χ2v) is 8.12. The average Bonchev–Trinajstić information content (AvgIpc) is 2.90. The molecule has 1 spiro atoms. The lowest BCUT2D eigenvalue weighted by Gasteiger charge is -2.54. The van der Waals surface area contributed by atoms with Gasteiger partial charge in [0, 0.05) is 18.9 Å². The van der Waals surface area contributed by atoms with E-state index in [-0.39, 0.29) is 18.0 Å². The monoisotopic (exact) mass is 310 g/mol. The lowest BCUT2D eigenvalue weighted by Crippen LogP contribution is -2.62. The van der Waals surface area contributed by atoms with Crippen molar-refractivity contribution in [3.63, 3.8) is 0 Å². The van der Waals surface area contributed by atoms with Crippen LogP contribution in [-0.2, 0) is 19.0 Å². The van der Waals surface area contributed by atoms with Crippen molar-refractivity contribution < 1.29 is 19.0 Å². The molecule has 0 aromatic heterocycles. The Kier molecular flexibility index (Phi) is 4.28. The molecule has 5 atom stereocenters. The van der Waals surface area contributed by atoms with E-state index in [0.29, 0.717) is 18.3 Å².